The maximum Gasteiger partial charge on any atom is 0.180 e. The lowest BCUT2D eigenvalue weighted by Gasteiger charge is -2.13. The number of benzene rings is 3. The molecule has 0 atom stereocenters. The number of rotatable bonds is 7. The van der Waals surface area contributed by atoms with E-state index in [0.717, 1.165) is 20.2 Å². The van der Waals surface area contributed by atoms with Crippen molar-refractivity contribution in [2.45, 2.75) is 6.61 Å². The quantitative estimate of drug-likeness (QED) is 0.203. The summed E-state index contributed by atoms with van der Waals surface area (Å²) in [5, 5.41) is 10.1. The minimum Gasteiger partial charge on any atom is -0.497 e. The molecule has 0 fully saturated rings. The third kappa shape index (κ3) is 5.24. The number of aromatic nitrogens is 2. The summed E-state index contributed by atoms with van der Waals surface area (Å²) in [7, 11) is 3.15. The molecule has 4 aromatic rings. The number of nitrogens with one attached hydrogen (secondary N) is 1. The number of H-pyrrole nitrogens is 1. The van der Waals surface area contributed by atoms with Crippen LogP contribution in [0.15, 0.2) is 54.6 Å². The van der Waals surface area contributed by atoms with E-state index in [1.807, 2.05) is 42.5 Å². The summed E-state index contributed by atoms with van der Waals surface area (Å²) in [6.45, 7) is 0.355. The summed E-state index contributed by atoms with van der Waals surface area (Å²) in [4.78, 5) is 7.68. The van der Waals surface area contributed by atoms with Gasteiger partial charge in [0, 0.05) is 9.64 Å². The van der Waals surface area contributed by atoms with E-state index < -0.39 is 0 Å². The second-order valence-electron chi connectivity index (χ2n) is 7.09. The van der Waals surface area contributed by atoms with E-state index >= 15 is 0 Å². The zero-order chi connectivity index (χ0) is 23.4. The van der Waals surface area contributed by atoms with Gasteiger partial charge in [-0.2, -0.15) is 5.26 Å². The number of nitrogens with zero attached hydrogens (tertiary/aromatic N) is 2. The third-order valence-electron chi connectivity index (χ3n) is 4.92. The second kappa shape index (κ2) is 10.1. The van der Waals surface area contributed by atoms with Gasteiger partial charge in [0.1, 0.15) is 24.3 Å². The number of ether oxygens (including phenoxy) is 3. The zero-order valence-electron chi connectivity index (χ0n) is 17.9. The van der Waals surface area contributed by atoms with E-state index in [4.69, 9.17) is 25.8 Å². The largest absolute Gasteiger partial charge is 0.497 e. The van der Waals surface area contributed by atoms with Gasteiger partial charge in [-0.25, -0.2) is 4.98 Å². The van der Waals surface area contributed by atoms with E-state index in [-0.39, 0.29) is 0 Å². The number of allylic oxidation sites excluding steroid dienone is 1. The molecule has 3 aromatic carbocycles. The normalized spacial score (nSPS) is 11.3. The van der Waals surface area contributed by atoms with Crippen molar-refractivity contribution in [1.82, 2.24) is 9.97 Å². The van der Waals surface area contributed by atoms with Crippen LogP contribution in [0.5, 0.6) is 17.2 Å². The fourth-order valence-corrected chi connectivity index (χ4v) is 3.90. The van der Waals surface area contributed by atoms with Crippen LogP contribution in [0, 0.1) is 14.9 Å². The van der Waals surface area contributed by atoms with Crippen LogP contribution < -0.4 is 14.2 Å². The Morgan fingerprint density at radius 3 is 2.61 bits per heavy atom. The summed E-state index contributed by atoms with van der Waals surface area (Å²) in [5.41, 5.74) is 3.58. The molecule has 0 aliphatic rings. The average molecular weight is 572 g/mol. The van der Waals surface area contributed by atoms with Crippen LogP contribution in [0.3, 0.4) is 0 Å². The number of nitriles is 1. The Morgan fingerprint density at radius 1 is 1.12 bits per heavy atom. The predicted molar refractivity (Wildman–Crippen MR) is 138 cm³/mol. The maximum absolute atomic E-state index is 9.75. The van der Waals surface area contributed by atoms with Crippen LogP contribution in [-0.4, -0.2) is 24.2 Å². The van der Waals surface area contributed by atoms with Crippen LogP contribution in [0.2, 0.25) is 5.02 Å². The second-order valence-corrected chi connectivity index (χ2v) is 8.74. The molecule has 1 N–H and O–H groups in total. The van der Waals surface area contributed by atoms with Gasteiger partial charge < -0.3 is 19.2 Å². The van der Waals surface area contributed by atoms with Crippen molar-refractivity contribution in [3.05, 3.63) is 80.1 Å². The lowest BCUT2D eigenvalue weighted by molar-refractivity contribution is 0.284. The maximum atomic E-state index is 9.75. The first-order valence-corrected chi connectivity index (χ1v) is 11.4. The Labute approximate surface area is 209 Å². The monoisotopic (exact) mass is 571 g/mol. The third-order valence-corrected chi connectivity index (χ3v) is 5.92. The number of fused-ring (bicyclic) bond motifs is 1. The van der Waals surface area contributed by atoms with Gasteiger partial charge in [-0.1, -0.05) is 23.7 Å². The molecule has 4 rings (SSSR count). The Hall–Kier alpha value is -3.22. The van der Waals surface area contributed by atoms with Gasteiger partial charge in [0.15, 0.2) is 11.5 Å². The molecule has 1 aromatic heterocycles. The topological polar surface area (TPSA) is 80.2 Å². The molecular weight excluding hydrogens is 553 g/mol. The average Bonchev–Trinajstić information content (AvgIpc) is 3.25. The molecule has 0 saturated carbocycles. The number of hydrogen-bond donors (Lipinski definition) is 1. The van der Waals surface area contributed by atoms with Gasteiger partial charge in [-0.05, 0) is 76.2 Å². The van der Waals surface area contributed by atoms with Gasteiger partial charge in [-0.3, -0.25) is 0 Å². The molecule has 33 heavy (non-hydrogen) atoms. The van der Waals surface area contributed by atoms with Crippen LogP contribution in [0.25, 0.3) is 22.7 Å². The highest BCUT2D eigenvalue weighted by Gasteiger charge is 2.14. The van der Waals surface area contributed by atoms with E-state index in [9.17, 15) is 5.26 Å². The highest BCUT2D eigenvalue weighted by Crippen LogP contribution is 2.38. The molecule has 0 spiro atoms. The predicted octanol–water partition coefficient (Wildman–Crippen LogP) is 6.48. The van der Waals surface area contributed by atoms with Crippen LogP contribution in [0.4, 0.5) is 0 Å². The van der Waals surface area contributed by atoms with Gasteiger partial charge in [0.05, 0.1) is 35.8 Å². The van der Waals surface area contributed by atoms with Gasteiger partial charge in [0.2, 0.25) is 0 Å². The minimum atomic E-state index is 0.355. The van der Waals surface area contributed by atoms with Crippen LogP contribution in [0.1, 0.15) is 17.0 Å². The van der Waals surface area contributed by atoms with Crippen molar-refractivity contribution in [3.63, 3.8) is 0 Å². The first-order valence-electron chi connectivity index (χ1n) is 9.91. The van der Waals surface area contributed by atoms with Crippen molar-refractivity contribution in [1.29, 1.82) is 5.26 Å². The van der Waals surface area contributed by atoms with E-state index in [2.05, 4.69) is 38.6 Å². The van der Waals surface area contributed by atoms with E-state index in [1.165, 1.54) is 0 Å². The summed E-state index contributed by atoms with van der Waals surface area (Å²) in [6, 6.07) is 19.2. The van der Waals surface area contributed by atoms with Crippen LogP contribution in [-0.2, 0) is 6.61 Å². The lowest BCUT2D eigenvalue weighted by atomic mass is 10.1. The smallest absolute Gasteiger partial charge is 0.180 e. The molecule has 0 aliphatic heterocycles. The highest BCUT2D eigenvalue weighted by molar-refractivity contribution is 14.1. The van der Waals surface area contributed by atoms with Gasteiger partial charge in [0.25, 0.3) is 0 Å². The Morgan fingerprint density at radius 2 is 1.91 bits per heavy atom. The first-order chi connectivity index (χ1) is 16.0. The van der Waals surface area contributed by atoms with Crippen molar-refractivity contribution in [2.24, 2.45) is 0 Å². The Bertz CT molecular complexity index is 1370. The number of halogens is 2. The summed E-state index contributed by atoms with van der Waals surface area (Å²) < 4.78 is 17.9. The molecule has 0 amide bonds. The Kier molecular flexibility index (Phi) is 7.06. The number of hydrogen-bond acceptors (Lipinski definition) is 5. The fourth-order valence-electron chi connectivity index (χ4n) is 3.26. The summed E-state index contributed by atoms with van der Waals surface area (Å²) >= 11 is 8.78. The highest BCUT2D eigenvalue weighted by atomic mass is 127. The molecule has 166 valence electrons. The summed E-state index contributed by atoms with van der Waals surface area (Å²) in [5.74, 6) is 2.09. The SMILES string of the molecule is COc1ccc2nc(/C(C#N)=C\c3cc(Cl)c(OCc4ccc(I)cc4)c(OC)c3)[nH]c2c1. The molecule has 0 radical (unpaired) electrons. The molecule has 0 bridgehead atoms. The molecule has 8 heteroatoms. The molecule has 0 unspecified atom stereocenters. The van der Waals surface area contributed by atoms with E-state index in [0.29, 0.717) is 45.8 Å². The number of aromatic amines is 1. The molecular formula is C25H19ClIN3O3. The van der Waals surface area contributed by atoms with Gasteiger partial charge >= 0.3 is 0 Å². The number of methoxy groups -OCH3 is 2. The molecule has 0 saturated heterocycles. The van der Waals surface area contributed by atoms with Crippen molar-refractivity contribution in [2.75, 3.05) is 14.2 Å². The van der Waals surface area contributed by atoms with Crippen molar-refractivity contribution in [3.8, 4) is 23.3 Å². The summed E-state index contributed by atoms with van der Waals surface area (Å²) in [6.07, 6.45) is 1.70. The molecule has 1 heterocycles. The van der Waals surface area contributed by atoms with Crippen molar-refractivity contribution >= 4 is 56.9 Å². The number of imidazole rings is 1. The zero-order valence-corrected chi connectivity index (χ0v) is 20.8. The molecule has 0 aliphatic carbocycles. The first kappa shape index (κ1) is 23.0. The fraction of sp³-hybridized carbons (Fsp3) is 0.120. The lowest BCUT2D eigenvalue weighted by Crippen LogP contribution is -1.99. The Balaban J connectivity index is 1.63. The standard InChI is InChI=1S/C25H19ClIN3O3/c1-31-19-7-8-21-22(12-19)30-25(29-21)17(13-28)9-16-10-20(26)24(23(11-16)32-2)33-14-15-3-5-18(27)6-4-15/h3-12H,14H2,1-2H3,(H,29,30)/b17-9-. The van der Waals surface area contributed by atoms with Crippen molar-refractivity contribution < 1.29 is 14.2 Å². The molecule has 6 nitrogen and oxygen atoms in total. The minimum absolute atomic E-state index is 0.355. The van der Waals surface area contributed by atoms with Gasteiger partial charge in [-0.15, -0.1) is 0 Å². The van der Waals surface area contributed by atoms with Crippen LogP contribution >= 0.6 is 34.2 Å². The van der Waals surface area contributed by atoms with E-state index in [1.54, 1.807) is 32.4 Å².